The maximum atomic E-state index is 14.2. The first-order valence-electron chi connectivity index (χ1n) is 10.9. The second-order valence-corrected chi connectivity index (χ2v) is 8.61. The van der Waals surface area contributed by atoms with Crippen LogP contribution in [-0.4, -0.2) is 39.9 Å². The van der Waals surface area contributed by atoms with Crippen LogP contribution < -0.4 is 5.32 Å². The fraction of sp³-hybridized carbons (Fsp3) is 0.360. The van der Waals surface area contributed by atoms with Gasteiger partial charge in [-0.05, 0) is 44.5 Å². The Bertz CT molecular complexity index is 1110. The number of benzene rings is 2. The number of aryl methyl sites for hydroxylation is 1. The Hall–Kier alpha value is -3.13. The molecule has 0 radical (unpaired) electrons. The highest BCUT2D eigenvalue weighted by Crippen LogP contribution is 2.46. The molecule has 33 heavy (non-hydrogen) atoms. The highest BCUT2D eigenvalue weighted by atomic mass is 19.4. The molecule has 2 heterocycles. The number of nitrogens with zero attached hydrogens (tertiary/aromatic N) is 3. The molecule has 5 nitrogen and oxygen atoms in total. The van der Waals surface area contributed by atoms with Crippen LogP contribution in [0.5, 0.6) is 0 Å². The highest BCUT2D eigenvalue weighted by molar-refractivity contribution is 5.84. The predicted octanol–water partition coefficient (Wildman–Crippen LogP) is 4.56. The van der Waals surface area contributed by atoms with E-state index in [0.29, 0.717) is 12.2 Å². The molecule has 1 fully saturated rings. The van der Waals surface area contributed by atoms with Crippen LogP contribution in [0.4, 0.5) is 13.2 Å². The summed E-state index contributed by atoms with van der Waals surface area (Å²) in [6, 6.07) is 18.8. The smallest absolute Gasteiger partial charge is 0.351 e. The number of likely N-dealkylation sites (tertiary alicyclic amines) is 1. The number of carbonyl (C=O) groups is 1. The molecular weight excluding hydrogens is 429 g/mol. The van der Waals surface area contributed by atoms with Gasteiger partial charge in [0.1, 0.15) is 0 Å². The zero-order valence-corrected chi connectivity index (χ0v) is 18.7. The molecule has 1 atom stereocenters. The Labute approximate surface area is 191 Å². The van der Waals surface area contributed by atoms with Gasteiger partial charge in [-0.1, -0.05) is 48.5 Å². The molecule has 0 saturated carbocycles. The van der Waals surface area contributed by atoms with E-state index in [4.69, 9.17) is 0 Å². The number of nitrogens with one attached hydrogen (secondary N) is 1. The lowest BCUT2D eigenvalue weighted by Gasteiger charge is -2.30. The van der Waals surface area contributed by atoms with Crippen molar-refractivity contribution < 1.29 is 18.0 Å². The molecule has 0 aliphatic carbocycles. The molecule has 1 aliphatic rings. The Balaban J connectivity index is 1.50. The largest absolute Gasteiger partial charge is 0.404 e. The lowest BCUT2D eigenvalue weighted by Crippen LogP contribution is -2.52. The standard InChI is InChI=1S/C25H27F3N4O/c1-18-22(19(2)32(30-18)21-11-7-4-8-12-21)15-29-23(33)24(25(26,27)28)13-14-31(17-24)16-20-9-5-3-6-10-20/h3-12H,13-17H2,1-2H3,(H,29,33). The Morgan fingerprint density at radius 3 is 2.33 bits per heavy atom. The number of hydrogen-bond acceptors (Lipinski definition) is 3. The summed E-state index contributed by atoms with van der Waals surface area (Å²) in [6.07, 6.45) is -4.89. The van der Waals surface area contributed by atoms with Crippen LogP contribution in [0.1, 0.15) is 28.9 Å². The van der Waals surface area contributed by atoms with Gasteiger partial charge in [-0.15, -0.1) is 0 Å². The maximum absolute atomic E-state index is 14.2. The SMILES string of the molecule is Cc1nn(-c2ccccc2)c(C)c1CNC(=O)C1(C(F)(F)F)CCN(Cc2ccccc2)C1. The Kier molecular flexibility index (Phi) is 6.30. The van der Waals surface area contributed by atoms with Crippen molar-refractivity contribution in [2.75, 3.05) is 13.1 Å². The molecular formula is C25H27F3N4O. The van der Waals surface area contributed by atoms with Gasteiger partial charge in [-0.2, -0.15) is 18.3 Å². The van der Waals surface area contributed by atoms with Gasteiger partial charge in [0.2, 0.25) is 5.91 Å². The van der Waals surface area contributed by atoms with Gasteiger partial charge < -0.3 is 5.32 Å². The summed E-state index contributed by atoms with van der Waals surface area (Å²) in [5.41, 5.74) is 1.56. The quantitative estimate of drug-likeness (QED) is 0.592. The number of aromatic nitrogens is 2. The number of alkyl halides is 3. The molecule has 174 valence electrons. The molecule has 1 unspecified atom stereocenters. The number of carbonyl (C=O) groups excluding carboxylic acids is 1. The molecule has 3 aromatic rings. The van der Waals surface area contributed by atoms with Gasteiger partial charge in [-0.25, -0.2) is 4.68 Å². The van der Waals surface area contributed by atoms with E-state index < -0.39 is 17.5 Å². The van der Waals surface area contributed by atoms with E-state index in [1.54, 1.807) is 16.5 Å². The third-order valence-electron chi connectivity index (χ3n) is 6.44. The molecule has 1 N–H and O–H groups in total. The molecule has 4 rings (SSSR count). The minimum absolute atomic E-state index is 0.000150. The van der Waals surface area contributed by atoms with Crippen molar-refractivity contribution in [2.45, 2.75) is 39.5 Å². The van der Waals surface area contributed by atoms with E-state index in [1.807, 2.05) is 67.6 Å². The molecule has 0 bridgehead atoms. The van der Waals surface area contributed by atoms with Gasteiger partial charge >= 0.3 is 6.18 Å². The molecule has 8 heteroatoms. The first kappa shape index (κ1) is 23.0. The average molecular weight is 457 g/mol. The van der Waals surface area contributed by atoms with Gasteiger partial charge in [-0.3, -0.25) is 9.69 Å². The van der Waals surface area contributed by atoms with E-state index >= 15 is 0 Å². The minimum atomic E-state index is -4.64. The third-order valence-corrected chi connectivity index (χ3v) is 6.44. The topological polar surface area (TPSA) is 50.2 Å². The van der Waals surface area contributed by atoms with Gasteiger partial charge in [0.25, 0.3) is 0 Å². The van der Waals surface area contributed by atoms with Crippen molar-refractivity contribution in [2.24, 2.45) is 5.41 Å². The zero-order valence-electron chi connectivity index (χ0n) is 18.7. The van der Waals surface area contributed by atoms with Crippen LogP contribution in [0.2, 0.25) is 0 Å². The second kappa shape index (κ2) is 9.02. The Morgan fingerprint density at radius 1 is 1.06 bits per heavy atom. The summed E-state index contributed by atoms with van der Waals surface area (Å²) < 4.78 is 44.3. The van der Waals surface area contributed by atoms with E-state index in [0.717, 1.165) is 22.5 Å². The van der Waals surface area contributed by atoms with Crippen molar-refractivity contribution in [3.05, 3.63) is 83.2 Å². The number of hydrogen-bond donors (Lipinski definition) is 1. The van der Waals surface area contributed by atoms with Crippen molar-refractivity contribution in [1.29, 1.82) is 0 Å². The number of para-hydroxylation sites is 1. The minimum Gasteiger partial charge on any atom is -0.351 e. The van der Waals surface area contributed by atoms with Gasteiger partial charge in [0.15, 0.2) is 5.41 Å². The third kappa shape index (κ3) is 4.53. The molecule has 1 aliphatic heterocycles. The molecule has 0 spiro atoms. The first-order valence-corrected chi connectivity index (χ1v) is 10.9. The summed E-state index contributed by atoms with van der Waals surface area (Å²) in [6.45, 7) is 3.90. The lowest BCUT2D eigenvalue weighted by molar-refractivity contribution is -0.218. The second-order valence-electron chi connectivity index (χ2n) is 8.61. The van der Waals surface area contributed by atoms with E-state index in [-0.39, 0.29) is 26.1 Å². The number of halogens is 3. The van der Waals surface area contributed by atoms with Crippen molar-refractivity contribution in [1.82, 2.24) is 20.0 Å². The number of rotatable bonds is 6. The van der Waals surface area contributed by atoms with Crippen LogP contribution in [0.15, 0.2) is 60.7 Å². The molecule has 1 aromatic heterocycles. The summed E-state index contributed by atoms with van der Waals surface area (Å²) in [7, 11) is 0. The van der Waals surface area contributed by atoms with Gasteiger partial charge in [0, 0.05) is 30.9 Å². The van der Waals surface area contributed by atoms with Crippen molar-refractivity contribution in [3.8, 4) is 5.69 Å². The normalized spacial score (nSPS) is 19.1. The van der Waals surface area contributed by atoms with E-state index in [1.165, 1.54) is 0 Å². The van der Waals surface area contributed by atoms with Crippen molar-refractivity contribution >= 4 is 5.91 Å². The van der Waals surface area contributed by atoms with E-state index in [9.17, 15) is 18.0 Å². The van der Waals surface area contributed by atoms with Crippen LogP contribution in [0.25, 0.3) is 5.69 Å². The zero-order chi connectivity index (χ0) is 23.6. The van der Waals surface area contributed by atoms with Crippen LogP contribution >= 0.6 is 0 Å². The summed E-state index contributed by atoms with van der Waals surface area (Å²) in [4.78, 5) is 14.7. The molecule has 2 aromatic carbocycles. The summed E-state index contributed by atoms with van der Waals surface area (Å²) >= 11 is 0. The maximum Gasteiger partial charge on any atom is 0.404 e. The highest BCUT2D eigenvalue weighted by Gasteiger charge is 2.62. The molecule has 1 saturated heterocycles. The van der Waals surface area contributed by atoms with E-state index in [2.05, 4.69) is 10.4 Å². The fourth-order valence-electron chi connectivity index (χ4n) is 4.50. The van der Waals surface area contributed by atoms with Crippen LogP contribution in [-0.2, 0) is 17.9 Å². The summed E-state index contributed by atoms with van der Waals surface area (Å²) in [5, 5.41) is 7.10. The van der Waals surface area contributed by atoms with Crippen molar-refractivity contribution in [3.63, 3.8) is 0 Å². The Morgan fingerprint density at radius 2 is 1.70 bits per heavy atom. The first-order chi connectivity index (χ1) is 15.7. The molecule has 1 amide bonds. The number of amides is 1. The van der Waals surface area contributed by atoms with Crippen LogP contribution in [0, 0.1) is 19.3 Å². The fourth-order valence-corrected chi connectivity index (χ4v) is 4.50. The average Bonchev–Trinajstić information content (AvgIpc) is 3.35. The predicted molar refractivity (Wildman–Crippen MR) is 120 cm³/mol. The van der Waals surface area contributed by atoms with Gasteiger partial charge in [0.05, 0.1) is 11.4 Å². The lowest BCUT2D eigenvalue weighted by atomic mass is 9.85. The van der Waals surface area contributed by atoms with Crippen LogP contribution in [0.3, 0.4) is 0 Å². The monoisotopic (exact) mass is 456 g/mol. The summed E-state index contributed by atoms with van der Waals surface area (Å²) in [5.74, 6) is -0.975.